The van der Waals surface area contributed by atoms with Crippen LogP contribution in [0.5, 0.6) is 5.75 Å². The largest absolute Gasteiger partial charge is 0.414 e. The second-order valence-corrected chi connectivity index (χ2v) is 5.79. The van der Waals surface area contributed by atoms with E-state index in [1.165, 1.54) is 4.88 Å². The lowest BCUT2D eigenvalue weighted by molar-refractivity contribution is 0.162. The number of amides is 1. The van der Waals surface area contributed by atoms with Crippen molar-refractivity contribution < 1.29 is 9.53 Å². The molecule has 0 aliphatic rings. The average molecular weight is 289 g/mol. The van der Waals surface area contributed by atoms with Gasteiger partial charge in [0.15, 0.2) is 0 Å². The Labute approximate surface area is 123 Å². The highest BCUT2D eigenvalue weighted by atomic mass is 32.1. The molecule has 0 bridgehead atoms. The number of ether oxygens (including phenoxy) is 1. The zero-order chi connectivity index (χ0) is 14.4. The van der Waals surface area contributed by atoms with Gasteiger partial charge in [0.1, 0.15) is 5.75 Å². The second-order valence-electron chi connectivity index (χ2n) is 4.81. The summed E-state index contributed by atoms with van der Waals surface area (Å²) in [6, 6.07) is 13.3. The molecule has 0 saturated carbocycles. The second kappa shape index (κ2) is 7.10. The summed E-state index contributed by atoms with van der Waals surface area (Å²) in [5, 5.41) is 2.08. The molecule has 1 amide bonds. The van der Waals surface area contributed by atoms with Gasteiger partial charge in [0.25, 0.3) is 0 Å². The highest BCUT2D eigenvalue weighted by Crippen LogP contribution is 2.23. The molecule has 1 aromatic heterocycles. The van der Waals surface area contributed by atoms with Gasteiger partial charge in [0, 0.05) is 18.5 Å². The van der Waals surface area contributed by atoms with E-state index in [1.807, 2.05) is 18.2 Å². The molecule has 0 spiro atoms. The standard InChI is InChI=1S/C16H19NO2S/c1-13(15-9-6-12-20-15)10-11-17(2)16(18)19-14-7-4-3-5-8-14/h3-9,12-13H,10-11H2,1-2H3/t13-/m0/s1. The molecule has 2 aromatic rings. The van der Waals surface area contributed by atoms with Crippen molar-refractivity contribution in [2.45, 2.75) is 19.3 Å². The van der Waals surface area contributed by atoms with Crippen LogP contribution in [0.25, 0.3) is 0 Å². The fraction of sp³-hybridized carbons (Fsp3) is 0.312. The molecule has 1 aromatic carbocycles. The van der Waals surface area contributed by atoms with Gasteiger partial charge in [-0.3, -0.25) is 0 Å². The summed E-state index contributed by atoms with van der Waals surface area (Å²) in [5.41, 5.74) is 0. The van der Waals surface area contributed by atoms with Crippen molar-refractivity contribution in [3.63, 3.8) is 0 Å². The summed E-state index contributed by atoms with van der Waals surface area (Å²) in [4.78, 5) is 14.9. The van der Waals surface area contributed by atoms with Crippen LogP contribution in [0, 0.1) is 0 Å². The van der Waals surface area contributed by atoms with Gasteiger partial charge in [0.05, 0.1) is 0 Å². The quantitative estimate of drug-likeness (QED) is 0.818. The Kier molecular flexibility index (Phi) is 5.18. The van der Waals surface area contributed by atoms with Gasteiger partial charge in [-0.05, 0) is 35.9 Å². The zero-order valence-electron chi connectivity index (χ0n) is 11.8. The minimum Gasteiger partial charge on any atom is -0.410 e. The van der Waals surface area contributed by atoms with Crippen LogP contribution in [0.4, 0.5) is 4.79 Å². The molecule has 0 aliphatic heterocycles. The van der Waals surface area contributed by atoms with Crippen molar-refractivity contribution in [1.29, 1.82) is 0 Å². The number of carbonyl (C=O) groups is 1. The lowest BCUT2D eigenvalue weighted by Crippen LogP contribution is -2.31. The van der Waals surface area contributed by atoms with Crippen LogP contribution in [0.3, 0.4) is 0 Å². The van der Waals surface area contributed by atoms with Crippen molar-refractivity contribution in [2.24, 2.45) is 0 Å². The van der Waals surface area contributed by atoms with Crippen LogP contribution >= 0.6 is 11.3 Å². The van der Waals surface area contributed by atoms with E-state index in [4.69, 9.17) is 4.74 Å². The van der Waals surface area contributed by atoms with E-state index in [1.54, 1.807) is 35.4 Å². The molecule has 106 valence electrons. The summed E-state index contributed by atoms with van der Waals surface area (Å²) in [5.74, 6) is 1.04. The first kappa shape index (κ1) is 14.6. The van der Waals surface area contributed by atoms with E-state index in [9.17, 15) is 4.79 Å². The molecule has 0 saturated heterocycles. The van der Waals surface area contributed by atoms with Gasteiger partial charge < -0.3 is 9.64 Å². The lowest BCUT2D eigenvalue weighted by Gasteiger charge is -2.18. The third-order valence-electron chi connectivity index (χ3n) is 3.19. The molecule has 3 nitrogen and oxygen atoms in total. The molecule has 0 N–H and O–H groups in total. The van der Waals surface area contributed by atoms with Crippen LogP contribution < -0.4 is 4.74 Å². The minimum atomic E-state index is -0.311. The summed E-state index contributed by atoms with van der Waals surface area (Å²) in [6.07, 6.45) is 0.621. The Hall–Kier alpha value is -1.81. The van der Waals surface area contributed by atoms with Crippen LogP contribution in [-0.4, -0.2) is 24.6 Å². The maximum absolute atomic E-state index is 11.9. The fourth-order valence-electron chi connectivity index (χ4n) is 1.86. The number of nitrogens with zero attached hydrogens (tertiary/aromatic N) is 1. The molecular formula is C16H19NO2S. The Bertz CT molecular complexity index is 525. The molecule has 1 atom stereocenters. The predicted molar refractivity (Wildman–Crippen MR) is 82.4 cm³/mol. The highest BCUT2D eigenvalue weighted by molar-refractivity contribution is 7.10. The average Bonchev–Trinajstić information content (AvgIpc) is 2.99. The van der Waals surface area contributed by atoms with Crippen molar-refractivity contribution in [2.75, 3.05) is 13.6 Å². The van der Waals surface area contributed by atoms with Crippen LogP contribution in [-0.2, 0) is 0 Å². The number of hydrogen-bond acceptors (Lipinski definition) is 3. The molecule has 0 radical (unpaired) electrons. The normalized spacial score (nSPS) is 11.9. The molecule has 0 fully saturated rings. The molecule has 4 heteroatoms. The van der Waals surface area contributed by atoms with Gasteiger partial charge in [-0.25, -0.2) is 4.79 Å². The minimum absolute atomic E-state index is 0.311. The zero-order valence-corrected chi connectivity index (χ0v) is 12.6. The predicted octanol–water partition coefficient (Wildman–Crippen LogP) is 4.37. The van der Waals surface area contributed by atoms with Crippen LogP contribution in [0.2, 0.25) is 0 Å². The number of carbonyl (C=O) groups excluding carboxylic acids is 1. The van der Waals surface area contributed by atoms with Gasteiger partial charge in [-0.1, -0.05) is 31.2 Å². The highest BCUT2D eigenvalue weighted by Gasteiger charge is 2.13. The monoisotopic (exact) mass is 289 g/mol. The Morgan fingerprint density at radius 1 is 1.25 bits per heavy atom. The molecule has 0 aliphatic carbocycles. The molecule has 0 unspecified atom stereocenters. The first-order valence-corrected chi connectivity index (χ1v) is 7.56. The number of para-hydroxylation sites is 1. The van der Waals surface area contributed by atoms with Crippen molar-refractivity contribution in [3.8, 4) is 5.75 Å². The number of rotatable bonds is 5. The van der Waals surface area contributed by atoms with Gasteiger partial charge in [-0.15, -0.1) is 11.3 Å². The lowest BCUT2D eigenvalue weighted by atomic mass is 10.1. The van der Waals surface area contributed by atoms with Gasteiger partial charge >= 0.3 is 6.09 Å². The third-order valence-corrected chi connectivity index (χ3v) is 4.29. The number of thiophene rings is 1. The van der Waals surface area contributed by atoms with Crippen molar-refractivity contribution >= 4 is 17.4 Å². The van der Waals surface area contributed by atoms with Crippen LogP contribution in [0.1, 0.15) is 24.1 Å². The van der Waals surface area contributed by atoms with Gasteiger partial charge in [0.2, 0.25) is 0 Å². The van der Waals surface area contributed by atoms with E-state index in [-0.39, 0.29) is 6.09 Å². The summed E-state index contributed by atoms with van der Waals surface area (Å²) in [7, 11) is 1.77. The Morgan fingerprint density at radius 2 is 2.00 bits per heavy atom. The summed E-state index contributed by atoms with van der Waals surface area (Å²) in [6.45, 7) is 2.87. The summed E-state index contributed by atoms with van der Waals surface area (Å²) < 4.78 is 5.29. The first-order valence-electron chi connectivity index (χ1n) is 6.68. The Balaban J connectivity index is 1.79. The molecule has 1 heterocycles. The smallest absolute Gasteiger partial charge is 0.410 e. The van der Waals surface area contributed by atoms with Crippen LogP contribution in [0.15, 0.2) is 47.8 Å². The topological polar surface area (TPSA) is 29.5 Å². The first-order chi connectivity index (χ1) is 9.66. The van der Waals surface area contributed by atoms with Crippen molar-refractivity contribution in [3.05, 3.63) is 52.7 Å². The van der Waals surface area contributed by atoms with Gasteiger partial charge in [-0.2, -0.15) is 0 Å². The molecular weight excluding hydrogens is 270 g/mol. The molecule has 20 heavy (non-hydrogen) atoms. The number of benzene rings is 1. The van der Waals surface area contributed by atoms with E-state index in [0.717, 1.165) is 6.42 Å². The number of hydrogen-bond donors (Lipinski definition) is 0. The van der Waals surface area contributed by atoms with Crippen molar-refractivity contribution in [1.82, 2.24) is 4.90 Å². The molecule has 2 rings (SSSR count). The third kappa shape index (κ3) is 4.10. The van der Waals surface area contributed by atoms with E-state index in [0.29, 0.717) is 18.2 Å². The fourth-order valence-corrected chi connectivity index (χ4v) is 2.68. The Morgan fingerprint density at radius 3 is 2.65 bits per heavy atom. The SMILES string of the molecule is C[C@@H](CCN(C)C(=O)Oc1ccccc1)c1cccs1. The van der Waals surface area contributed by atoms with E-state index < -0.39 is 0 Å². The van der Waals surface area contributed by atoms with E-state index >= 15 is 0 Å². The van der Waals surface area contributed by atoms with E-state index in [2.05, 4.69) is 24.4 Å². The summed E-state index contributed by atoms with van der Waals surface area (Å²) >= 11 is 1.76. The maximum atomic E-state index is 11.9. The maximum Gasteiger partial charge on any atom is 0.414 e.